The van der Waals surface area contributed by atoms with Crippen molar-refractivity contribution < 1.29 is 9.59 Å². The lowest BCUT2D eigenvalue weighted by molar-refractivity contribution is -0.133. The summed E-state index contributed by atoms with van der Waals surface area (Å²) in [5.41, 5.74) is 0. The van der Waals surface area contributed by atoms with Crippen molar-refractivity contribution in [2.75, 3.05) is 6.54 Å². The molecule has 0 atom stereocenters. The molecule has 0 bridgehead atoms. The van der Waals surface area contributed by atoms with Crippen LogP contribution in [0.4, 0.5) is 0 Å². The van der Waals surface area contributed by atoms with Gasteiger partial charge in [0.1, 0.15) is 0 Å². The summed E-state index contributed by atoms with van der Waals surface area (Å²) >= 11 is 0. The van der Waals surface area contributed by atoms with Gasteiger partial charge in [0.05, 0.1) is 0 Å². The predicted molar refractivity (Wildman–Crippen MR) is 132 cm³/mol. The lowest BCUT2D eigenvalue weighted by Crippen LogP contribution is -2.39. The van der Waals surface area contributed by atoms with E-state index in [0.717, 1.165) is 70.8 Å². The maximum atomic E-state index is 12.3. The topological polar surface area (TPSA) is 49.4 Å². The zero-order chi connectivity index (χ0) is 22.7. The van der Waals surface area contributed by atoms with E-state index in [4.69, 9.17) is 0 Å². The molecule has 0 spiro atoms. The van der Waals surface area contributed by atoms with E-state index in [1.807, 2.05) is 4.90 Å². The largest absolute Gasteiger partial charge is 0.353 e. The fourth-order valence-corrected chi connectivity index (χ4v) is 3.56. The molecule has 0 aromatic heterocycles. The Hall–Kier alpha value is -1.84. The number of nitrogens with zero attached hydrogens (tertiary/aromatic N) is 1. The van der Waals surface area contributed by atoms with Gasteiger partial charge in [-0.3, -0.25) is 9.59 Å². The predicted octanol–water partition coefficient (Wildman–Crippen LogP) is 6.48. The van der Waals surface area contributed by atoms with Gasteiger partial charge in [0.15, 0.2) is 0 Å². The van der Waals surface area contributed by atoms with Gasteiger partial charge in [-0.1, -0.05) is 56.2 Å². The van der Waals surface area contributed by atoms with Crippen molar-refractivity contribution in [3.05, 3.63) is 36.5 Å². The first kappa shape index (κ1) is 27.2. The Morgan fingerprint density at radius 3 is 2.13 bits per heavy atom. The molecule has 2 amide bonds. The summed E-state index contributed by atoms with van der Waals surface area (Å²) in [4.78, 5) is 26.1. The standard InChI is InChI=1S/C27H46N2O2/c1-4-5-15-22-27(31)29(24(2)3)23-17-14-12-10-8-6-7-9-11-13-16-21-26(30)28-25-19-18-20-25/h6,8-9,11-12,14,24-25H,4-5,7,10,13,15-23H2,1-3H3,(H,28,30)/b8-6-,11-9-,14-12-. The first-order chi connectivity index (χ1) is 15.0. The highest BCUT2D eigenvalue weighted by atomic mass is 16.2. The summed E-state index contributed by atoms with van der Waals surface area (Å²) in [5, 5.41) is 3.08. The minimum Gasteiger partial charge on any atom is -0.353 e. The number of carbonyl (C=O) groups is 2. The van der Waals surface area contributed by atoms with Crippen LogP contribution in [0, 0.1) is 0 Å². The SMILES string of the molecule is CCCCCC(=O)N(CC/C=C\C/C=C\C/C=C\CCCC(=O)NC1CCC1)C(C)C. The molecule has 1 fully saturated rings. The average Bonchev–Trinajstić information content (AvgIpc) is 2.70. The summed E-state index contributed by atoms with van der Waals surface area (Å²) in [5.74, 6) is 0.504. The maximum absolute atomic E-state index is 12.3. The molecule has 1 saturated carbocycles. The molecule has 0 aliphatic heterocycles. The van der Waals surface area contributed by atoms with Crippen LogP contribution in [-0.2, 0) is 9.59 Å². The quantitative estimate of drug-likeness (QED) is 0.212. The number of amides is 2. The summed E-state index contributed by atoms with van der Waals surface area (Å²) in [7, 11) is 0. The van der Waals surface area contributed by atoms with Gasteiger partial charge < -0.3 is 10.2 Å². The van der Waals surface area contributed by atoms with Crippen LogP contribution in [0.15, 0.2) is 36.5 Å². The molecule has 0 radical (unpaired) electrons. The van der Waals surface area contributed by atoms with Crippen LogP contribution in [0.3, 0.4) is 0 Å². The molecule has 1 N–H and O–H groups in total. The molecule has 1 rings (SSSR count). The van der Waals surface area contributed by atoms with Gasteiger partial charge in [-0.25, -0.2) is 0 Å². The van der Waals surface area contributed by atoms with Gasteiger partial charge in [-0.2, -0.15) is 0 Å². The van der Waals surface area contributed by atoms with Gasteiger partial charge in [0, 0.05) is 31.5 Å². The normalized spacial score (nSPS) is 14.7. The molecule has 1 aliphatic rings. The summed E-state index contributed by atoms with van der Waals surface area (Å²) in [6, 6.07) is 0.723. The smallest absolute Gasteiger partial charge is 0.222 e. The third kappa shape index (κ3) is 14.0. The molecular weight excluding hydrogens is 384 g/mol. The van der Waals surface area contributed by atoms with Gasteiger partial charge in [0.25, 0.3) is 0 Å². The monoisotopic (exact) mass is 430 g/mol. The lowest BCUT2D eigenvalue weighted by Gasteiger charge is -2.26. The third-order valence-electron chi connectivity index (χ3n) is 5.76. The number of nitrogens with one attached hydrogen (secondary N) is 1. The van der Waals surface area contributed by atoms with Crippen molar-refractivity contribution in [3.8, 4) is 0 Å². The Morgan fingerprint density at radius 2 is 1.55 bits per heavy atom. The minimum absolute atomic E-state index is 0.210. The number of carbonyl (C=O) groups excluding carboxylic acids is 2. The third-order valence-corrected chi connectivity index (χ3v) is 5.76. The minimum atomic E-state index is 0.210. The Labute approximate surface area is 191 Å². The molecule has 1 aliphatic carbocycles. The highest BCUT2D eigenvalue weighted by Gasteiger charge is 2.18. The molecule has 4 nitrogen and oxygen atoms in total. The van der Waals surface area contributed by atoms with E-state index in [9.17, 15) is 9.59 Å². The van der Waals surface area contributed by atoms with Crippen LogP contribution in [0.2, 0.25) is 0 Å². The summed E-state index contributed by atoms with van der Waals surface area (Å²) in [6.45, 7) is 7.17. The first-order valence-corrected chi connectivity index (χ1v) is 12.6. The number of hydrogen-bond donors (Lipinski definition) is 1. The first-order valence-electron chi connectivity index (χ1n) is 12.6. The van der Waals surface area contributed by atoms with E-state index < -0.39 is 0 Å². The Kier molecular flexibility index (Phi) is 15.6. The van der Waals surface area contributed by atoms with Crippen molar-refractivity contribution in [2.24, 2.45) is 0 Å². The fraction of sp³-hybridized carbons (Fsp3) is 0.704. The zero-order valence-electron chi connectivity index (χ0n) is 20.3. The highest BCUT2D eigenvalue weighted by molar-refractivity contribution is 5.76. The Morgan fingerprint density at radius 1 is 0.903 bits per heavy atom. The van der Waals surface area contributed by atoms with Gasteiger partial charge >= 0.3 is 0 Å². The number of allylic oxidation sites excluding steroid dienone is 5. The maximum Gasteiger partial charge on any atom is 0.222 e. The van der Waals surface area contributed by atoms with Crippen LogP contribution >= 0.6 is 0 Å². The number of unbranched alkanes of at least 4 members (excludes halogenated alkanes) is 3. The van der Waals surface area contributed by atoms with E-state index in [0.29, 0.717) is 24.8 Å². The molecule has 176 valence electrons. The summed E-state index contributed by atoms with van der Waals surface area (Å²) < 4.78 is 0. The van der Waals surface area contributed by atoms with Crippen LogP contribution in [-0.4, -0.2) is 35.3 Å². The Bertz CT molecular complexity index is 574. The van der Waals surface area contributed by atoms with Crippen LogP contribution in [0.25, 0.3) is 0 Å². The van der Waals surface area contributed by atoms with Crippen LogP contribution in [0.1, 0.15) is 104 Å². The molecule has 0 saturated heterocycles. The molecule has 0 aromatic rings. The van der Waals surface area contributed by atoms with E-state index in [-0.39, 0.29) is 11.9 Å². The van der Waals surface area contributed by atoms with Crippen molar-refractivity contribution in [1.82, 2.24) is 10.2 Å². The van der Waals surface area contributed by atoms with Gasteiger partial charge in [0.2, 0.25) is 11.8 Å². The Balaban J connectivity index is 2.04. The molecule has 0 aromatic carbocycles. The lowest BCUT2D eigenvalue weighted by atomic mass is 9.93. The highest BCUT2D eigenvalue weighted by Crippen LogP contribution is 2.18. The van der Waals surface area contributed by atoms with E-state index >= 15 is 0 Å². The van der Waals surface area contributed by atoms with E-state index in [1.165, 1.54) is 6.42 Å². The second-order valence-corrected chi connectivity index (χ2v) is 8.90. The molecule has 31 heavy (non-hydrogen) atoms. The second-order valence-electron chi connectivity index (χ2n) is 8.90. The molecule has 4 heteroatoms. The van der Waals surface area contributed by atoms with Crippen LogP contribution < -0.4 is 5.32 Å². The van der Waals surface area contributed by atoms with Crippen molar-refractivity contribution >= 4 is 11.8 Å². The van der Waals surface area contributed by atoms with Crippen molar-refractivity contribution in [1.29, 1.82) is 0 Å². The second kappa shape index (κ2) is 17.8. The fourth-order valence-electron chi connectivity index (χ4n) is 3.56. The van der Waals surface area contributed by atoms with E-state index in [1.54, 1.807) is 0 Å². The zero-order valence-corrected chi connectivity index (χ0v) is 20.3. The van der Waals surface area contributed by atoms with Gasteiger partial charge in [-0.05, 0) is 71.6 Å². The van der Waals surface area contributed by atoms with Gasteiger partial charge in [-0.15, -0.1) is 0 Å². The average molecular weight is 431 g/mol. The van der Waals surface area contributed by atoms with Crippen LogP contribution in [0.5, 0.6) is 0 Å². The number of rotatable bonds is 17. The molecule has 0 heterocycles. The van der Waals surface area contributed by atoms with Crippen molar-refractivity contribution in [2.45, 2.75) is 116 Å². The molecular formula is C27H46N2O2. The van der Waals surface area contributed by atoms with E-state index in [2.05, 4.69) is 62.5 Å². The molecule has 0 unspecified atom stereocenters. The summed E-state index contributed by atoms with van der Waals surface area (Å²) in [6.07, 6.45) is 25.9. The van der Waals surface area contributed by atoms with Crippen molar-refractivity contribution in [3.63, 3.8) is 0 Å². The number of hydrogen-bond acceptors (Lipinski definition) is 2.